The number of benzene rings is 2. The first-order chi connectivity index (χ1) is 20.2. The predicted molar refractivity (Wildman–Crippen MR) is 155 cm³/mol. The third kappa shape index (κ3) is 6.02. The highest BCUT2D eigenvalue weighted by atomic mass is 19.1. The molecule has 0 bridgehead atoms. The van der Waals surface area contributed by atoms with Crippen LogP contribution in [0.2, 0.25) is 0 Å². The van der Waals surface area contributed by atoms with Crippen LogP contribution in [0.1, 0.15) is 23.0 Å². The molecule has 4 aromatic heterocycles. The minimum atomic E-state index is -0.366. The summed E-state index contributed by atoms with van der Waals surface area (Å²) in [4.78, 5) is 18.0. The summed E-state index contributed by atoms with van der Waals surface area (Å²) in [6.07, 6.45) is 4.59. The van der Waals surface area contributed by atoms with E-state index in [2.05, 4.69) is 48.4 Å². The molecule has 0 aliphatic heterocycles. The van der Waals surface area contributed by atoms with E-state index in [0.717, 1.165) is 41.1 Å². The minimum absolute atomic E-state index is 0.200. The topological polar surface area (TPSA) is 103 Å². The number of anilines is 1. The summed E-state index contributed by atoms with van der Waals surface area (Å²) in [5.41, 5.74) is 4.82. The smallest absolute Gasteiger partial charge is 0.196 e. The number of pyridine rings is 2. The molecule has 0 atom stereocenters. The van der Waals surface area contributed by atoms with E-state index < -0.39 is 0 Å². The molecule has 2 aromatic carbocycles. The Labute approximate surface area is 236 Å². The SMILES string of the molecule is COc1cccc(Cn2c(CCNCCc3nc4c(NCc5ncccc5F)nccc4o3)nc3ccccc32)c1. The van der Waals surface area contributed by atoms with Crippen molar-refractivity contribution in [1.29, 1.82) is 0 Å². The third-order valence-corrected chi connectivity index (χ3v) is 6.86. The highest BCUT2D eigenvalue weighted by Gasteiger charge is 2.13. The van der Waals surface area contributed by atoms with Crippen LogP contribution in [-0.2, 0) is 25.9 Å². The van der Waals surface area contributed by atoms with Crippen molar-refractivity contribution in [1.82, 2.24) is 29.8 Å². The summed E-state index contributed by atoms with van der Waals surface area (Å²) in [5, 5.41) is 6.62. The summed E-state index contributed by atoms with van der Waals surface area (Å²) < 4.78 is 27.6. The number of nitrogens with zero attached hydrogens (tertiary/aromatic N) is 5. The molecule has 0 fully saturated rings. The molecule has 0 saturated heterocycles. The fourth-order valence-corrected chi connectivity index (χ4v) is 4.82. The number of para-hydroxylation sites is 2. The van der Waals surface area contributed by atoms with Gasteiger partial charge in [0.05, 0.1) is 30.4 Å². The van der Waals surface area contributed by atoms with E-state index in [1.54, 1.807) is 31.6 Å². The summed E-state index contributed by atoms with van der Waals surface area (Å²) in [6, 6.07) is 21.1. The second kappa shape index (κ2) is 12.1. The third-order valence-electron chi connectivity index (χ3n) is 6.86. The van der Waals surface area contributed by atoms with E-state index in [9.17, 15) is 4.39 Å². The average Bonchev–Trinajstić information content (AvgIpc) is 3.58. The number of rotatable bonds is 12. The molecule has 0 radical (unpaired) electrons. The van der Waals surface area contributed by atoms with Gasteiger partial charge in [0, 0.05) is 50.9 Å². The van der Waals surface area contributed by atoms with Crippen molar-refractivity contribution < 1.29 is 13.5 Å². The number of imidazole rings is 1. The number of methoxy groups -OCH3 is 1. The molecule has 0 unspecified atom stereocenters. The molecule has 0 aliphatic rings. The van der Waals surface area contributed by atoms with Gasteiger partial charge in [-0.2, -0.15) is 0 Å². The number of ether oxygens (including phenoxy) is 1. The quantitative estimate of drug-likeness (QED) is 0.201. The Morgan fingerprint density at radius 2 is 1.83 bits per heavy atom. The maximum Gasteiger partial charge on any atom is 0.196 e. The summed E-state index contributed by atoms with van der Waals surface area (Å²) >= 11 is 0. The van der Waals surface area contributed by atoms with E-state index in [0.29, 0.717) is 48.0 Å². The molecule has 6 aromatic rings. The second-order valence-electron chi connectivity index (χ2n) is 9.60. The molecule has 0 aliphatic carbocycles. The van der Waals surface area contributed by atoms with Gasteiger partial charge in [0.1, 0.15) is 17.4 Å². The lowest BCUT2D eigenvalue weighted by molar-refractivity contribution is 0.414. The van der Waals surface area contributed by atoms with Crippen LogP contribution in [0.3, 0.4) is 0 Å². The number of halogens is 1. The van der Waals surface area contributed by atoms with Crippen molar-refractivity contribution in [2.45, 2.75) is 25.9 Å². The van der Waals surface area contributed by atoms with E-state index in [-0.39, 0.29) is 12.4 Å². The zero-order valence-electron chi connectivity index (χ0n) is 22.7. The number of aromatic nitrogens is 5. The molecule has 41 heavy (non-hydrogen) atoms. The predicted octanol–water partition coefficient (Wildman–Crippen LogP) is 5.15. The first-order valence-electron chi connectivity index (χ1n) is 13.5. The Balaban J connectivity index is 1.07. The number of hydrogen-bond donors (Lipinski definition) is 2. The van der Waals surface area contributed by atoms with Crippen LogP contribution in [0.4, 0.5) is 10.2 Å². The Kier molecular flexibility index (Phi) is 7.81. The lowest BCUT2D eigenvalue weighted by atomic mass is 10.2. The van der Waals surface area contributed by atoms with Gasteiger partial charge in [-0.25, -0.2) is 19.3 Å². The largest absolute Gasteiger partial charge is 0.497 e. The van der Waals surface area contributed by atoms with Crippen molar-refractivity contribution >= 4 is 28.0 Å². The maximum atomic E-state index is 13.9. The van der Waals surface area contributed by atoms with Gasteiger partial charge in [-0.15, -0.1) is 0 Å². The van der Waals surface area contributed by atoms with Crippen LogP contribution in [-0.4, -0.2) is 44.7 Å². The lowest BCUT2D eigenvalue weighted by Crippen LogP contribution is -2.21. The maximum absolute atomic E-state index is 13.9. The van der Waals surface area contributed by atoms with Crippen molar-refractivity contribution in [2.24, 2.45) is 0 Å². The van der Waals surface area contributed by atoms with Crippen LogP contribution in [0.15, 0.2) is 83.5 Å². The zero-order chi connectivity index (χ0) is 28.0. The van der Waals surface area contributed by atoms with Crippen molar-refractivity contribution in [3.63, 3.8) is 0 Å². The average molecular weight is 552 g/mol. The molecule has 6 rings (SSSR count). The van der Waals surface area contributed by atoms with Crippen LogP contribution < -0.4 is 15.4 Å². The summed E-state index contributed by atoms with van der Waals surface area (Å²) in [6.45, 7) is 2.36. The Hall–Kier alpha value is -4.83. The Morgan fingerprint density at radius 3 is 2.73 bits per heavy atom. The van der Waals surface area contributed by atoms with E-state index in [1.807, 2.05) is 30.3 Å². The fourth-order valence-electron chi connectivity index (χ4n) is 4.82. The number of oxazole rings is 1. The molecular weight excluding hydrogens is 521 g/mol. The van der Waals surface area contributed by atoms with Crippen LogP contribution in [0, 0.1) is 5.82 Å². The molecule has 208 valence electrons. The van der Waals surface area contributed by atoms with E-state index in [4.69, 9.17) is 14.1 Å². The van der Waals surface area contributed by atoms with Crippen LogP contribution in [0.25, 0.3) is 22.1 Å². The standard InChI is InChI=1S/C31H30FN7O2/c1-40-22-7-4-6-21(18-22)20-39-26-10-3-2-9-24(26)37-28(39)12-15-33-16-13-29-38-30-27(41-29)11-17-35-31(30)36-19-25-23(32)8-5-14-34-25/h2-11,14,17-18,33H,12-13,15-16,19-20H2,1H3,(H,35,36). The van der Waals surface area contributed by atoms with Crippen LogP contribution >= 0.6 is 0 Å². The number of fused-ring (bicyclic) bond motifs is 2. The van der Waals surface area contributed by atoms with Gasteiger partial charge in [0.15, 0.2) is 22.8 Å². The molecule has 9 nitrogen and oxygen atoms in total. The highest BCUT2D eigenvalue weighted by Crippen LogP contribution is 2.23. The molecule has 0 spiro atoms. The molecular formula is C31H30FN7O2. The first kappa shape index (κ1) is 26.4. The van der Waals surface area contributed by atoms with Crippen molar-refractivity contribution in [2.75, 3.05) is 25.5 Å². The fraction of sp³-hybridized carbons (Fsp3) is 0.226. The minimum Gasteiger partial charge on any atom is -0.497 e. The second-order valence-corrected chi connectivity index (χ2v) is 9.60. The van der Waals surface area contributed by atoms with Gasteiger partial charge in [-0.1, -0.05) is 24.3 Å². The van der Waals surface area contributed by atoms with Gasteiger partial charge in [0.25, 0.3) is 0 Å². The van der Waals surface area contributed by atoms with Gasteiger partial charge in [-0.05, 0) is 42.0 Å². The summed E-state index contributed by atoms with van der Waals surface area (Å²) in [5.74, 6) is 2.64. The summed E-state index contributed by atoms with van der Waals surface area (Å²) in [7, 11) is 1.68. The van der Waals surface area contributed by atoms with Gasteiger partial charge in [-0.3, -0.25) is 4.98 Å². The highest BCUT2D eigenvalue weighted by molar-refractivity contribution is 5.83. The molecule has 0 saturated carbocycles. The normalized spacial score (nSPS) is 11.4. The Morgan fingerprint density at radius 1 is 0.927 bits per heavy atom. The van der Waals surface area contributed by atoms with Gasteiger partial charge in [0.2, 0.25) is 0 Å². The van der Waals surface area contributed by atoms with Crippen LogP contribution in [0.5, 0.6) is 5.75 Å². The van der Waals surface area contributed by atoms with Gasteiger partial charge < -0.3 is 24.4 Å². The van der Waals surface area contributed by atoms with E-state index in [1.165, 1.54) is 6.07 Å². The Bertz CT molecular complexity index is 1780. The monoisotopic (exact) mass is 551 g/mol. The molecule has 10 heteroatoms. The number of hydrogen-bond acceptors (Lipinski definition) is 8. The molecule has 4 heterocycles. The molecule has 2 N–H and O–H groups in total. The number of nitrogens with one attached hydrogen (secondary N) is 2. The first-order valence-corrected chi connectivity index (χ1v) is 13.5. The van der Waals surface area contributed by atoms with Crippen molar-refractivity contribution in [3.8, 4) is 5.75 Å². The van der Waals surface area contributed by atoms with Gasteiger partial charge >= 0.3 is 0 Å². The van der Waals surface area contributed by atoms with E-state index >= 15 is 0 Å². The lowest BCUT2D eigenvalue weighted by Gasteiger charge is -2.11. The van der Waals surface area contributed by atoms with Crippen molar-refractivity contribution in [3.05, 3.63) is 108 Å². The molecule has 0 amide bonds. The zero-order valence-corrected chi connectivity index (χ0v) is 22.7.